The number of hydrogen-bond acceptors (Lipinski definition) is 5. The van der Waals surface area contributed by atoms with Gasteiger partial charge in [0.25, 0.3) is 5.91 Å². The largest absolute Gasteiger partial charge is 0.505 e. The molecule has 1 aromatic rings. The van der Waals surface area contributed by atoms with Gasteiger partial charge in [-0.05, 0) is 68.6 Å². The van der Waals surface area contributed by atoms with E-state index in [1.54, 1.807) is 11.0 Å². The lowest BCUT2D eigenvalue weighted by atomic mass is 9.79. The van der Waals surface area contributed by atoms with Gasteiger partial charge in [-0.15, -0.1) is 0 Å². The maximum absolute atomic E-state index is 14.2. The van der Waals surface area contributed by atoms with Gasteiger partial charge in [-0.2, -0.15) is 0 Å². The molecule has 0 bridgehead atoms. The van der Waals surface area contributed by atoms with Crippen molar-refractivity contribution < 1.29 is 23.8 Å². The quantitative estimate of drug-likeness (QED) is 0.627. The summed E-state index contributed by atoms with van der Waals surface area (Å²) >= 11 is 0. The van der Waals surface area contributed by atoms with Crippen LogP contribution in [0.25, 0.3) is 0 Å². The fraction of sp³-hybridized carbons (Fsp3) is 0.560. The monoisotopic (exact) mass is 444 g/mol. The number of nitrogens with two attached hydrogens (primary N) is 1. The van der Waals surface area contributed by atoms with Crippen LogP contribution in [0.1, 0.15) is 61.4 Å². The highest BCUT2D eigenvalue weighted by atomic mass is 19.1. The highest BCUT2D eigenvalue weighted by Gasteiger charge is 2.35. The van der Waals surface area contributed by atoms with Gasteiger partial charge in [0.15, 0.2) is 11.6 Å². The zero-order valence-electron chi connectivity index (χ0n) is 18.7. The van der Waals surface area contributed by atoms with Gasteiger partial charge in [0, 0.05) is 32.1 Å². The van der Waals surface area contributed by atoms with Crippen LogP contribution in [0, 0.1) is 17.7 Å². The molecule has 0 spiro atoms. The minimum absolute atomic E-state index is 0.0318. The number of fused-ring (bicyclic) bond motifs is 1. The van der Waals surface area contributed by atoms with E-state index in [2.05, 4.69) is 13.0 Å². The lowest BCUT2D eigenvalue weighted by molar-refractivity contribution is 0.0488. The predicted molar refractivity (Wildman–Crippen MR) is 119 cm³/mol. The standard InChI is InChI=1S/C25H33FN2O4/c1-16(32-21-4-2-3-20(13-21)31-12-11-27)18-7-5-17(6-8-18)14-28-15-19-9-10-22(29)24(26)23(19)25(28)30/h4,9-10,13,16-18,29H,2-3,5-8,11-12,14-15,27H2,1H3. The molecule has 1 atom stereocenters. The predicted octanol–water partition coefficient (Wildman–Crippen LogP) is 4.24. The van der Waals surface area contributed by atoms with Crippen LogP contribution in [-0.4, -0.2) is 41.7 Å². The molecule has 1 amide bonds. The molecule has 1 aliphatic heterocycles. The summed E-state index contributed by atoms with van der Waals surface area (Å²) in [7, 11) is 0. The third-order valence-electron chi connectivity index (χ3n) is 6.87. The molecule has 1 aromatic carbocycles. The molecule has 7 heteroatoms. The van der Waals surface area contributed by atoms with Gasteiger partial charge in [0.1, 0.15) is 5.76 Å². The Morgan fingerprint density at radius 3 is 2.81 bits per heavy atom. The van der Waals surface area contributed by atoms with Crippen LogP contribution in [0.2, 0.25) is 0 Å². The molecular formula is C25H33FN2O4. The van der Waals surface area contributed by atoms with Crippen LogP contribution in [0.15, 0.2) is 35.8 Å². The summed E-state index contributed by atoms with van der Waals surface area (Å²) in [5.74, 6) is 1.11. The number of carbonyl (C=O) groups is 1. The molecule has 2 aliphatic carbocycles. The van der Waals surface area contributed by atoms with Crippen LogP contribution in [0.3, 0.4) is 0 Å². The van der Waals surface area contributed by atoms with Gasteiger partial charge in [0.2, 0.25) is 0 Å². The van der Waals surface area contributed by atoms with Crippen molar-refractivity contribution in [2.45, 2.75) is 58.1 Å². The van der Waals surface area contributed by atoms with Gasteiger partial charge in [-0.3, -0.25) is 4.79 Å². The maximum Gasteiger partial charge on any atom is 0.257 e. The van der Waals surface area contributed by atoms with Crippen molar-refractivity contribution in [3.8, 4) is 5.75 Å². The maximum atomic E-state index is 14.2. The number of halogens is 1. The molecule has 0 saturated heterocycles. The van der Waals surface area contributed by atoms with E-state index >= 15 is 0 Å². The number of rotatable bonds is 8. The van der Waals surface area contributed by atoms with Gasteiger partial charge in [-0.25, -0.2) is 4.39 Å². The lowest BCUT2D eigenvalue weighted by Gasteiger charge is -2.34. The molecule has 0 radical (unpaired) electrons. The summed E-state index contributed by atoms with van der Waals surface area (Å²) in [6.45, 7) is 4.20. The van der Waals surface area contributed by atoms with Crippen molar-refractivity contribution in [2.24, 2.45) is 17.6 Å². The molecule has 3 N–H and O–H groups in total. The number of phenols is 1. The number of allylic oxidation sites excluding steroid dienone is 3. The first kappa shape index (κ1) is 22.6. The Kier molecular flexibility index (Phi) is 7.04. The summed E-state index contributed by atoms with van der Waals surface area (Å²) in [6, 6.07) is 2.96. The smallest absolute Gasteiger partial charge is 0.257 e. The highest BCUT2D eigenvalue weighted by Crippen LogP contribution is 2.36. The molecule has 4 rings (SSSR count). The van der Waals surface area contributed by atoms with Crippen LogP contribution >= 0.6 is 0 Å². The topological polar surface area (TPSA) is 85.0 Å². The first-order chi connectivity index (χ1) is 15.5. The molecule has 1 fully saturated rings. The summed E-state index contributed by atoms with van der Waals surface area (Å²) in [5, 5.41) is 9.58. The zero-order valence-corrected chi connectivity index (χ0v) is 18.7. The second-order valence-corrected chi connectivity index (χ2v) is 9.12. The second-order valence-electron chi connectivity index (χ2n) is 9.12. The Morgan fingerprint density at radius 2 is 2.06 bits per heavy atom. The van der Waals surface area contributed by atoms with E-state index in [1.165, 1.54) is 6.07 Å². The number of hydrogen-bond donors (Lipinski definition) is 2. The van der Waals surface area contributed by atoms with Crippen molar-refractivity contribution in [1.29, 1.82) is 0 Å². The number of phenolic OH excluding ortho intramolecular Hbond substituents is 1. The first-order valence-corrected chi connectivity index (χ1v) is 11.7. The fourth-order valence-electron chi connectivity index (χ4n) is 5.05. The van der Waals surface area contributed by atoms with E-state index in [0.717, 1.165) is 50.0 Å². The summed E-state index contributed by atoms with van der Waals surface area (Å²) in [4.78, 5) is 14.4. The Morgan fingerprint density at radius 1 is 1.28 bits per heavy atom. The number of benzene rings is 1. The fourth-order valence-corrected chi connectivity index (χ4v) is 5.05. The van der Waals surface area contributed by atoms with E-state index in [-0.39, 0.29) is 17.6 Å². The number of amides is 1. The average molecular weight is 445 g/mol. The van der Waals surface area contributed by atoms with Crippen LogP contribution in [-0.2, 0) is 16.0 Å². The third kappa shape index (κ3) is 4.93. The summed E-state index contributed by atoms with van der Waals surface area (Å²) < 4.78 is 26.1. The van der Waals surface area contributed by atoms with E-state index < -0.39 is 11.6 Å². The molecular weight excluding hydrogens is 411 g/mol. The molecule has 0 aromatic heterocycles. The molecule has 1 saturated carbocycles. The van der Waals surface area contributed by atoms with Gasteiger partial charge in [0.05, 0.1) is 24.0 Å². The highest BCUT2D eigenvalue weighted by molar-refractivity contribution is 5.99. The third-order valence-corrected chi connectivity index (χ3v) is 6.87. The van der Waals surface area contributed by atoms with E-state index in [1.807, 2.05) is 6.08 Å². The Labute approximate surface area is 188 Å². The molecule has 3 aliphatic rings. The van der Waals surface area contributed by atoms with Gasteiger partial charge in [-0.1, -0.05) is 6.07 Å². The molecule has 32 heavy (non-hydrogen) atoms. The van der Waals surface area contributed by atoms with E-state index in [4.69, 9.17) is 15.2 Å². The van der Waals surface area contributed by atoms with Crippen LogP contribution in [0.5, 0.6) is 5.75 Å². The van der Waals surface area contributed by atoms with Crippen molar-refractivity contribution >= 4 is 5.91 Å². The number of nitrogens with zero attached hydrogens (tertiary/aromatic N) is 1. The zero-order chi connectivity index (χ0) is 22.7. The Hall–Kier alpha value is -2.54. The van der Waals surface area contributed by atoms with Crippen molar-refractivity contribution in [3.63, 3.8) is 0 Å². The van der Waals surface area contributed by atoms with Crippen molar-refractivity contribution in [3.05, 3.63) is 52.7 Å². The minimum Gasteiger partial charge on any atom is -0.505 e. The lowest BCUT2D eigenvalue weighted by Crippen LogP contribution is -2.34. The average Bonchev–Trinajstić information content (AvgIpc) is 3.11. The molecule has 174 valence electrons. The van der Waals surface area contributed by atoms with E-state index in [0.29, 0.717) is 43.6 Å². The SMILES string of the molecule is CC(OC1=CCCC(OCCN)=C1)C1CCC(CN2Cc3ccc(O)c(F)c3C2=O)CC1. The molecule has 1 unspecified atom stereocenters. The van der Waals surface area contributed by atoms with Crippen LogP contribution in [0.4, 0.5) is 4.39 Å². The Bertz CT molecular complexity index is 905. The van der Waals surface area contributed by atoms with Crippen LogP contribution < -0.4 is 5.73 Å². The normalized spacial score (nSPS) is 24.0. The van der Waals surface area contributed by atoms with Crippen molar-refractivity contribution in [1.82, 2.24) is 4.90 Å². The van der Waals surface area contributed by atoms with Gasteiger partial charge < -0.3 is 25.2 Å². The molecule has 6 nitrogen and oxygen atoms in total. The summed E-state index contributed by atoms with van der Waals surface area (Å²) in [6.07, 6.45) is 10.1. The van der Waals surface area contributed by atoms with E-state index in [9.17, 15) is 14.3 Å². The minimum atomic E-state index is -0.799. The number of carbonyl (C=O) groups excluding carboxylic acids is 1. The second kappa shape index (κ2) is 9.94. The number of ether oxygens (including phenoxy) is 2. The first-order valence-electron chi connectivity index (χ1n) is 11.7. The number of aromatic hydroxyl groups is 1. The summed E-state index contributed by atoms with van der Waals surface area (Å²) in [5.41, 5.74) is 6.21. The molecule has 1 heterocycles. The van der Waals surface area contributed by atoms with Crippen molar-refractivity contribution in [2.75, 3.05) is 19.7 Å². The Balaban J connectivity index is 1.26. The van der Waals surface area contributed by atoms with Gasteiger partial charge >= 0.3 is 0 Å².